The minimum atomic E-state index is -1.00. The molecule has 0 amide bonds. The molecule has 0 saturated heterocycles. The zero-order valence-electron chi connectivity index (χ0n) is 15.7. The molecule has 0 radical (unpaired) electrons. The van der Waals surface area contributed by atoms with E-state index >= 15 is 0 Å². The molecule has 0 aliphatic carbocycles. The molecule has 1 heterocycles. The van der Waals surface area contributed by atoms with Gasteiger partial charge in [0.15, 0.2) is 0 Å². The van der Waals surface area contributed by atoms with Crippen molar-refractivity contribution in [3.8, 4) is 6.07 Å². The van der Waals surface area contributed by atoms with Gasteiger partial charge in [0, 0.05) is 6.20 Å². The van der Waals surface area contributed by atoms with Crippen molar-refractivity contribution in [2.75, 3.05) is 0 Å². The van der Waals surface area contributed by atoms with Crippen molar-refractivity contribution in [1.82, 2.24) is 10.3 Å². The number of rotatable bonds is 5. The number of nitrogens with one attached hydrogen (secondary N) is 1. The van der Waals surface area contributed by atoms with Gasteiger partial charge in [0.2, 0.25) is 0 Å². The smallest absolute Gasteiger partial charge is 0.131 e. The number of aryl methyl sites for hydroxylation is 2. The fourth-order valence-corrected chi connectivity index (χ4v) is 3.61. The lowest BCUT2D eigenvalue weighted by atomic mass is 9.98. The van der Waals surface area contributed by atoms with Gasteiger partial charge in [-0.3, -0.25) is 10.3 Å². The molecule has 2 aromatic carbocycles. The molecule has 29 heavy (non-hydrogen) atoms. The molecule has 4 nitrogen and oxygen atoms in total. The molecule has 2 atom stereocenters. The van der Waals surface area contributed by atoms with Gasteiger partial charge >= 0.3 is 0 Å². The predicted molar refractivity (Wildman–Crippen MR) is 116 cm³/mol. The second kappa shape index (κ2) is 9.13. The van der Waals surface area contributed by atoms with Gasteiger partial charge in [0.1, 0.15) is 6.23 Å². The molecule has 148 valence electrons. The van der Waals surface area contributed by atoms with Gasteiger partial charge in [0.05, 0.1) is 38.4 Å². The molecule has 0 saturated carbocycles. The zero-order valence-corrected chi connectivity index (χ0v) is 18.0. The number of hydrogen-bond acceptors (Lipinski definition) is 4. The summed E-state index contributed by atoms with van der Waals surface area (Å²) < 4.78 is 0. The Bertz CT molecular complexity index is 1050. The summed E-state index contributed by atoms with van der Waals surface area (Å²) in [4.78, 5) is 4.39. The first-order valence-corrected chi connectivity index (χ1v) is 9.95. The van der Waals surface area contributed by atoms with Crippen molar-refractivity contribution in [2.24, 2.45) is 0 Å². The second-order valence-electron chi connectivity index (χ2n) is 6.72. The quantitative estimate of drug-likeness (QED) is 0.479. The van der Waals surface area contributed by atoms with Gasteiger partial charge < -0.3 is 5.11 Å². The summed E-state index contributed by atoms with van der Waals surface area (Å²) >= 11 is 18.2. The Hall–Kier alpha value is -2.13. The van der Waals surface area contributed by atoms with E-state index in [9.17, 15) is 10.4 Å². The van der Waals surface area contributed by atoms with Crippen LogP contribution in [0.2, 0.25) is 15.1 Å². The fourth-order valence-electron chi connectivity index (χ4n) is 3.19. The summed E-state index contributed by atoms with van der Waals surface area (Å²) in [6.45, 7) is 3.69. The van der Waals surface area contributed by atoms with Gasteiger partial charge in [-0.05, 0) is 60.4 Å². The molecule has 0 fully saturated rings. The van der Waals surface area contributed by atoms with Crippen molar-refractivity contribution >= 4 is 34.8 Å². The van der Waals surface area contributed by atoms with Crippen LogP contribution in [0.25, 0.3) is 0 Å². The molecular formula is C22H18Cl3N3O. The highest BCUT2D eigenvalue weighted by Gasteiger charge is 2.21. The van der Waals surface area contributed by atoms with Crippen molar-refractivity contribution in [1.29, 1.82) is 5.26 Å². The highest BCUT2D eigenvalue weighted by molar-refractivity contribution is 6.42. The Balaban J connectivity index is 1.99. The molecule has 0 aliphatic heterocycles. The molecule has 3 aromatic rings. The summed E-state index contributed by atoms with van der Waals surface area (Å²) in [5, 5.41) is 24.7. The Kier molecular flexibility index (Phi) is 6.79. The SMILES string of the molecule is Cc1cc(C(O)NC(c2ccc(Cl)c(Cl)c2)c2ccc(Cl)cn2)cc(C)c1C#N. The number of benzene rings is 2. The number of halogens is 3. The van der Waals surface area contributed by atoms with Crippen molar-refractivity contribution < 1.29 is 5.11 Å². The maximum absolute atomic E-state index is 10.9. The summed E-state index contributed by atoms with van der Waals surface area (Å²) in [5.41, 5.74) is 4.32. The van der Waals surface area contributed by atoms with E-state index in [1.54, 1.807) is 42.6 Å². The number of pyridine rings is 1. The van der Waals surface area contributed by atoms with Crippen LogP contribution in [-0.2, 0) is 0 Å². The Morgan fingerprint density at radius 1 is 0.966 bits per heavy atom. The summed E-state index contributed by atoms with van der Waals surface area (Å²) in [6.07, 6.45) is 0.544. The van der Waals surface area contributed by atoms with Crippen LogP contribution in [0, 0.1) is 25.2 Å². The molecule has 0 aliphatic rings. The van der Waals surface area contributed by atoms with E-state index in [2.05, 4.69) is 16.4 Å². The number of aliphatic hydroxyl groups excluding tert-OH is 1. The number of hydrogen-bond donors (Lipinski definition) is 2. The Morgan fingerprint density at radius 3 is 2.21 bits per heavy atom. The summed E-state index contributed by atoms with van der Waals surface area (Å²) in [7, 11) is 0. The molecule has 2 N–H and O–H groups in total. The monoisotopic (exact) mass is 445 g/mol. The molecular weight excluding hydrogens is 429 g/mol. The number of nitriles is 1. The average Bonchev–Trinajstić information content (AvgIpc) is 2.68. The standard InChI is InChI=1S/C22H18Cl3N3O/c1-12-7-15(8-13(2)17(12)10-26)22(29)28-21(20-6-4-16(23)11-27-20)14-3-5-18(24)19(25)9-14/h3-9,11,21-22,28-29H,1-2H3. The molecule has 7 heteroatoms. The molecule has 0 bridgehead atoms. The summed E-state index contributed by atoms with van der Waals surface area (Å²) in [6, 6.07) is 14.1. The minimum Gasteiger partial charge on any atom is -0.374 e. The van der Waals surface area contributed by atoms with E-state index in [-0.39, 0.29) is 0 Å². The molecule has 2 unspecified atom stereocenters. The number of aromatic nitrogens is 1. The van der Waals surface area contributed by atoms with Crippen molar-refractivity contribution in [3.05, 3.63) is 97.2 Å². The van der Waals surface area contributed by atoms with Crippen LogP contribution in [0.4, 0.5) is 0 Å². The van der Waals surface area contributed by atoms with E-state index < -0.39 is 12.3 Å². The van der Waals surface area contributed by atoms with Crippen LogP contribution in [0.1, 0.15) is 45.8 Å². The predicted octanol–water partition coefficient (Wildman–Crippen LogP) is 5.90. The normalized spacial score (nSPS) is 13.0. The van der Waals surface area contributed by atoms with Gasteiger partial charge in [-0.15, -0.1) is 0 Å². The molecule has 3 rings (SSSR count). The lowest BCUT2D eigenvalue weighted by Gasteiger charge is -2.24. The van der Waals surface area contributed by atoms with Crippen LogP contribution >= 0.6 is 34.8 Å². The average molecular weight is 447 g/mol. The second-order valence-corrected chi connectivity index (χ2v) is 7.97. The highest BCUT2D eigenvalue weighted by Crippen LogP contribution is 2.30. The van der Waals surface area contributed by atoms with Crippen LogP contribution in [0.15, 0.2) is 48.7 Å². The largest absolute Gasteiger partial charge is 0.374 e. The van der Waals surface area contributed by atoms with E-state index in [1.165, 1.54) is 0 Å². The third-order valence-corrected chi connectivity index (χ3v) is 5.59. The van der Waals surface area contributed by atoms with Gasteiger partial charge in [-0.25, -0.2) is 0 Å². The first-order valence-electron chi connectivity index (χ1n) is 8.82. The molecule has 0 spiro atoms. The fraction of sp³-hybridized carbons (Fsp3) is 0.182. The maximum atomic E-state index is 10.9. The van der Waals surface area contributed by atoms with Crippen LogP contribution in [-0.4, -0.2) is 10.1 Å². The van der Waals surface area contributed by atoms with Gasteiger partial charge in [-0.1, -0.05) is 53.0 Å². The highest BCUT2D eigenvalue weighted by atomic mass is 35.5. The number of nitrogens with zero attached hydrogens (tertiary/aromatic N) is 2. The third kappa shape index (κ3) is 4.90. The lowest BCUT2D eigenvalue weighted by molar-refractivity contribution is 0.128. The summed E-state index contributed by atoms with van der Waals surface area (Å²) in [5.74, 6) is 0. The first-order chi connectivity index (χ1) is 13.8. The Morgan fingerprint density at radius 2 is 1.66 bits per heavy atom. The van der Waals surface area contributed by atoms with Crippen LogP contribution < -0.4 is 5.32 Å². The lowest BCUT2D eigenvalue weighted by Crippen LogP contribution is -2.28. The van der Waals surface area contributed by atoms with E-state index in [1.807, 2.05) is 19.9 Å². The van der Waals surface area contributed by atoms with Crippen molar-refractivity contribution in [2.45, 2.75) is 26.1 Å². The van der Waals surface area contributed by atoms with Crippen LogP contribution in [0.3, 0.4) is 0 Å². The van der Waals surface area contributed by atoms with Crippen LogP contribution in [0.5, 0.6) is 0 Å². The first kappa shape index (κ1) is 21.6. The van der Waals surface area contributed by atoms with Gasteiger partial charge in [0.25, 0.3) is 0 Å². The third-order valence-electron chi connectivity index (χ3n) is 4.63. The van der Waals surface area contributed by atoms with Gasteiger partial charge in [-0.2, -0.15) is 5.26 Å². The van der Waals surface area contributed by atoms with Crippen molar-refractivity contribution in [3.63, 3.8) is 0 Å². The minimum absolute atomic E-state index is 0.407. The van der Waals surface area contributed by atoms with E-state index in [0.29, 0.717) is 31.9 Å². The number of aliphatic hydroxyl groups is 1. The topological polar surface area (TPSA) is 68.9 Å². The molecule has 1 aromatic heterocycles. The Labute approximate surface area is 184 Å². The maximum Gasteiger partial charge on any atom is 0.131 e. The van der Waals surface area contributed by atoms with E-state index in [4.69, 9.17) is 34.8 Å². The zero-order chi connectivity index (χ0) is 21.1. The van der Waals surface area contributed by atoms with E-state index in [0.717, 1.165) is 16.7 Å².